The molecule has 35 heavy (non-hydrogen) atoms. The minimum atomic E-state index is -0.0377. The number of benzene rings is 2. The molecule has 0 saturated carbocycles. The largest absolute Gasteiger partial charge is 0.264 e. The van der Waals surface area contributed by atoms with Crippen LogP contribution in [0.3, 0.4) is 0 Å². The summed E-state index contributed by atoms with van der Waals surface area (Å²) in [6, 6.07) is 25.4. The lowest BCUT2D eigenvalue weighted by Crippen LogP contribution is -2.60. The number of hydrogen-bond donors (Lipinski definition) is 0. The van der Waals surface area contributed by atoms with Crippen molar-refractivity contribution in [2.24, 2.45) is 0 Å². The maximum Gasteiger partial charge on any atom is 0.251 e. The van der Waals surface area contributed by atoms with Gasteiger partial charge in [0, 0.05) is 41.7 Å². The maximum absolute atomic E-state index is 7.00. The third-order valence-electron chi connectivity index (χ3n) is 7.35. The fraction of sp³-hybridized carbons (Fsp3) is 0.100. The Hall–Kier alpha value is -3.53. The maximum atomic E-state index is 7.00. The molecule has 5 heteroatoms. The second-order valence-corrected chi connectivity index (χ2v) is 9.98. The van der Waals surface area contributed by atoms with E-state index in [4.69, 9.17) is 23.2 Å². The van der Waals surface area contributed by atoms with Crippen molar-refractivity contribution in [1.82, 2.24) is 4.98 Å². The zero-order valence-corrected chi connectivity index (χ0v) is 20.5. The zero-order valence-electron chi connectivity index (χ0n) is 19.0. The number of nitrogens with zero attached hydrogens (tertiary/aromatic N) is 3. The van der Waals surface area contributed by atoms with Gasteiger partial charge in [0.2, 0.25) is 11.4 Å². The number of fused-ring (bicyclic) bond motifs is 11. The molecule has 0 fully saturated rings. The first-order valence-corrected chi connectivity index (χ1v) is 12.4. The molecule has 2 unspecified atom stereocenters. The Balaban J connectivity index is 1.62. The van der Waals surface area contributed by atoms with Crippen LogP contribution in [0.1, 0.15) is 28.8 Å². The monoisotopic (exact) mass is 493 g/mol. The molecule has 0 N–H and O–H groups in total. The SMILES string of the molecule is Cc1cc2[n+](cc1-c1cccnc1)C1c3ccccc3-c3cccc[n+]3C1c1c-2ccc(Cl)c1Cl. The van der Waals surface area contributed by atoms with Gasteiger partial charge in [0.25, 0.3) is 12.1 Å². The van der Waals surface area contributed by atoms with E-state index in [1.54, 1.807) is 0 Å². The van der Waals surface area contributed by atoms with Gasteiger partial charge in [-0.15, -0.1) is 0 Å². The molecule has 0 amide bonds. The minimum Gasteiger partial charge on any atom is -0.264 e. The lowest BCUT2D eigenvalue weighted by atomic mass is 9.79. The molecular weight excluding hydrogens is 473 g/mol. The summed E-state index contributed by atoms with van der Waals surface area (Å²) in [4.78, 5) is 4.37. The van der Waals surface area contributed by atoms with Gasteiger partial charge < -0.3 is 0 Å². The van der Waals surface area contributed by atoms with Crippen molar-refractivity contribution in [2.75, 3.05) is 0 Å². The number of halogens is 2. The van der Waals surface area contributed by atoms with E-state index in [-0.39, 0.29) is 12.1 Å². The van der Waals surface area contributed by atoms with Crippen LogP contribution >= 0.6 is 23.2 Å². The summed E-state index contributed by atoms with van der Waals surface area (Å²) in [6.07, 6.45) is 8.19. The molecule has 2 aliphatic heterocycles. The fourth-order valence-corrected chi connectivity index (χ4v) is 6.30. The predicted molar refractivity (Wildman–Crippen MR) is 138 cm³/mol. The van der Waals surface area contributed by atoms with Crippen LogP contribution in [-0.2, 0) is 0 Å². The number of rotatable bonds is 1. The molecular formula is C30H21Cl2N3+2. The first-order valence-electron chi connectivity index (χ1n) is 11.7. The lowest BCUT2D eigenvalue weighted by Gasteiger charge is -2.33. The highest BCUT2D eigenvalue weighted by Crippen LogP contribution is 2.49. The van der Waals surface area contributed by atoms with E-state index in [2.05, 4.69) is 94.1 Å². The van der Waals surface area contributed by atoms with Crippen molar-refractivity contribution in [3.05, 3.63) is 124 Å². The highest BCUT2D eigenvalue weighted by molar-refractivity contribution is 6.42. The number of pyridine rings is 3. The average Bonchev–Trinajstić information content (AvgIpc) is 2.90. The summed E-state index contributed by atoms with van der Waals surface area (Å²) in [5.74, 6) is 0. The molecule has 2 aliphatic rings. The molecule has 5 aromatic rings. The van der Waals surface area contributed by atoms with Gasteiger partial charge >= 0.3 is 0 Å². The van der Waals surface area contributed by atoms with Gasteiger partial charge in [-0.3, -0.25) is 4.98 Å². The first kappa shape index (κ1) is 20.8. The quantitative estimate of drug-likeness (QED) is 0.235. The Morgan fingerprint density at radius 3 is 2.49 bits per heavy atom. The average molecular weight is 494 g/mol. The predicted octanol–water partition coefficient (Wildman–Crippen LogP) is 6.78. The lowest BCUT2D eigenvalue weighted by molar-refractivity contribution is -0.799. The van der Waals surface area contributed by atoms with E-state index in [0.717, 1.165) is 22.4 Å². The zero-order chi connectivity index (χ0) is 23.7. The topological polar surface area (TPSA) is 20.6 Å². The Bertz CT molecular complexity index is 1650. The molecule has 0 radical (unpaired) electrons. The summed E-state index contributed by atoms with van der Waals surface area (Å²) < 4.78 is 4.78. The van der Waals surface area contributed by atoms with Gasteiger partial charge in [-0.25, -0.2) is 0 Å². The Morgan fingerprint density at radius 1 is 0.771 bits per heavy atom. The van der Waals surface area contributed by atoms with E-state index in [0.29, 0.717) is 10.0 Å². The summed E-state index contributed by atoms with van der Waals surface area (Å²) in [6.45, 7) is 2.16. The van der Waals surface area contributed by atoms with E-state index in [9.17, 15) is 0 Å². The Labute approximate surface area is 213 Å². The highest BCUT2D eigenvalue weighted by Gasteiger charge is 2.53. The number of aromatic nitrogens is 3. The van der Waals surface area contributed by atoms with Crippen LogP contribution in [0.4, 0.5) is 0 Å². The van der Waals surface area contributed by atoms with E-state index < -0.39 is 0 Å². The molecule has 7 rings (SSSR count). The van der Waals surface area contributed by atoms with Crippen LogP contribution in [0.2, 0.25) is 10.0 Å². The van der Waals surface area contributed by atoms with Crippen molar-refractivity contribution < 1.29 is 9.13 Å². The summed E-state index contributed by atoms with van der Waals surface area (Å²) in [5, 5.41) is 1.21. The van der Waals surface area contributed by atoms with Crippen molar-refractivity contribution in [1.29, 1.82) is 0 Å². The van der Waals surface area contributed by atoms with Crippen LogP contribution in [0.25, 0.3) is 33.6 Å². The van der Waals surface area contributed by atoms with Crippen molar-refractivity contribution in [3.63, 3.8) is 0 Å². The Morgan fingerprint density at radius 2 is 1.63 bits per heavy atom. The van der Waals surface area contributed by atoms with Crippen LogP contribution in [0.5, 0.6) is 0 Å². The smallest absolute Gasteiger partial charge is 0.251 e. The van der Waals surface area contributed by atoms with Crippen LogP contribution in [0.15, 0.2) is 97.6 Å². The van der Waals surface area contributed by atoms with Crippen molar-refractivity contribution in [3.8, 4) is 33.6 Å². The van der Waals surface area contributed by atoms with Crippen LogP contribution in [-0.4, -0.2) is 4.98 Å². The molecule has 0 saturated heterocycles. The summed E-state index contributed by atoms with van der Waals surface area (Å²) in [5.41, 5.74) is 10.5. The van der Waals surface area contributed by atoms with Gasteiger partial charge in [-0.1, -0.05) is 47.5 Å². The standard InChI is InChI=1S/C30H21Cl2N3/c1-18-15-26-22-11-12-24(31)28(32)27(22)30-29(35(26)17-23(18)19-7-6-13-33-16-19)21-9-3-2-8-20(21)25-10-4-5-14-34(25)30/h2-17,29-30H,1H3/q+2. The molecule has 0 aliphatic carbocycles. The first-order chi connectivity index (χ1) is 17.1. The van der Waals surface area contributed by atoms with Crippen molar-refractivity contribution in [2.45, 2.75) is 19.0 Å². The molecule has 2 aromatic carbocycles. The molecule has 3 aromatic heterocycles. The molecule has 3 nitrogen and oxygen atoms in total. The van der Waals surface area contributed by atoms with Crippen LogP contribution < -0.4 is 9.13 Å². The van der Waals surface area contributed by atoms with E-state index in [1.807, 2.05) is 24.5 Å². The van der Waals surface area contributed by atoms with Gasteiger partial charge in [0.05, 0.1) is 32.3 Å². The molecule has 0 spiro atoms. The highest BCUT2D eigenvalue weighted by atomic mass is 35.5. The van der Waals surface area contributed by atoms with Crippen molar-refractivity contribution >= 4 is 23.2 Å². The van der Waals surface area contributed by atoms with Gasteiger partial charge in [0.15, 0.2) is 12.4 Å². The summed E-state index contributed by atoms with van der Waals surface area (Å²) >= 11 is 13.6. The van der Waals surface area contributed by atoms with Gasteiger partial charge in [0.1, 0.15) is 0 Å². The molecule has 5 heterocycles. The van der Waals surface area contributed by atoms with Crippen LogP contribution in [0, 0.1) is 6.92 Å². The number of aryl methyl sites for hydroxylation is 1. The van der Waals surface area contributed by atoms with E-state index in [1.165, 1.54) is 27.9 Å². The number of hydrogen-bond acceptors (Lipinski definition) is 1. The molecule has 2 atom stereocenters. The Kier molecular flexibility index (Phi) is 4.60. The second-order valence-electron chi connectivity index (χ2n) is 9.20. The normalized spacial score (nSPS) is 17.0. The third-order valence-corrected chi connectivity index (χ3v) is 8.16. The van der Waals surface area contributed by atoms with E-state index >= 15 is 0 Å². The third kappa shape index (κ3) is 2.95. The fourth-order valence-electron chi connectivity index (χ4n) is 5.85. The molecule has 168 valence electrons. The second kappa shape index (κ2) is 7.74. The molecule has 0 bridgehead atoms. The summed E-state index contributed by atoms with van der Waals surface area (Å²) in [7, 11) is 0. The van der Waals surface area contributed by atoms with Gasteiger partial charge in [-0.2, -0.15) is 9.13 Å². The van der Waals surface area contributed by atoms with Gasteiger partial charge in [-0.05, 0) is 42.8 Å². The minimum absolute atomic E-state index is 0.0144.